The molecule has 3 aromatic heterocycles. The Kier molecular flexibility index (Phi) is 6.79. The van der Waals surface area contributed by atoms with Gasteiger partial charge in [-0.25, -0.2) is 4.98 Å². The van der Waals surface area contributed by atoms with Gasteiger partial charge in [0.1, 0.15) is 0 Å². The standard InChI is InChI=1S/C21H22N4O3S3/c1-13(26)22-10-15-6-7-17(31-15)16-12-30-21(23-16)24-19(27)14-4-2-8-25(11-14)20(28)18-5-3-9-29-18/h3,5-7,9,12,14H,2,4,8,10-11H2,1H3,(H,22,26)(H,23,24,27). The lowest BCUT2D eigenvalue weighted by molar-refractivity contribution is -0.121. The van der Waals surface area contributed by atoms with E-state index in [0.717, 1.165) is 28.3 Å². The van der Waals surface area contributed by atoms with Crippen LogP contribution in [0.5, 0.6) is 0 Å². The Balaban J connectivity index is 1.35. The fourth-order valence-electron chi connectivity index (χ4n) is 3.41. The van der Waals surface area contributed by atoms with E-state index in [4.69, 9.17) is 0 Å². The number of anilines is 1. The van der Waals surface area contributed by atoms with Crippen LogP contribution in [-0.2, 0) is 16.1 Å². The van der Waals surface area contributed by atoms with Crippen LogP contribution in [-0.4, -0.2) is 40.7 Å². The lowest BCUT2D eigenvalue weighted by atomic mass is 9.97. The zero-order chi connectivity index (χ0) is 21.8. The molecule has 31 heavy (non-hydrogen) atoms. The lowest BCUT2D eigenvalue weighted by Gasteiger charge is -2.31. The Morgan fingerprint density at radius 2 is 2.10 bits per heavy atom. The highest BCUT2D eigenvalue weighted by molar-refractivity contribution is 7.17. The normalized spacial score (nSPS) is 16.2. The molecule has 0 aliphatic carbocycles. The molecular weight excluding hydrogens is 452 g/mol. The third-order valence-corrected chi connectivity index (χ3v) is 7.69. The Labute approximate surface area is 192 Å². The minimum absolute atomic E-state index is 0.00297. The topological polar surface area (TPSA) is 91.4 Å². The molecule has 1 atom stereocenters. The minimum Gasteiger partial charge on any atom is -0.351 e. The van der Waals surface area contributed by atoms with Crippen molar-refractivity contribution in [1.82, 2.24) is 15.2 Å². The van der Waals surface area contributed by atoms with E-state index in [2.05, 4.69) is 15.6 Å². The third-order valence-electron chi connectivity index (χ3n) is 4.97. The summed E-state index contributed by atoms with van der Waals surface area (Å²) in [5.74, 6) is -0.401. The molecule has 3 aromatic rings. The number of rotatable bonds is 6. The van der Waals surface area contributed by atoms with Crippen molar-refractivity contribution in [2.24, 2.45) is 5.92 Å². The highest BCUT2D eigenvalue weighted by Gasteiger charge is 2.29. The molecule has 0 radical (unpaired) electrons. The largest absolute Gasteiger partial charge is 0.351 e. The van der Waals surface area contributed by atoms with Crippen LogP contribution in [0.3, 0.4) is 0 Å². The summed E-state index contributed by atoms with van der Waals surface area (Å²) in [6.45, 7) is 3.10. The molecule has 1 saturated heterocycles. The van der Waals surface area contributed by atoms with Gasteiger partial charge in [0.2, 0.25) is 11.8 Å². The Morgan fingerprint density at radius 3 is 2.87 bits per heavy atom. The van der Waals surface area contributed by atoms with E-state index in [1.54, 1.807) is 16.2 Å². The molecule has 3 amide bonds. The van der Waals surface area contributed by atoms with E-state index < -0.39 is 0 Å². The number of amides is 3. The molecule has 0 aromatic carbocycles. The van der Waals surface area contributed by atoms with Crippen molar-refractivity contribution in [2.45, 2.75) is 26.3 Å². The van der Waals surface area contributed by atoms with Crippen LogP contribution in [0.1, 0.15) is 34.3 Å². The number of hydrogen-bond donors (Lipinski definition) is 2. The van der Waals surface area contributed by atoms with Gasteiger partial charge in [-0.15, -0.1) is 34.0 Å². The number of piperidine rings is 1. The minimum atomic E-state index is -0.240. The zero-order valence-corrected chi connectivity index (χ0v) is 19.4. The van der Waals surface area contributed by atoms with E-state index in [9.17, 15) is 14.4 Å². The third kappa shape index (κ3) is 5.38. The van der Waals surface area contributed by atoms with E-state index in [1.807, 2.05) is 35.0 Å². The van der Waals surface area contributed by atoms with Crippen LogP contribution in [0, 0.1) is 5.92 Å². The Hall–Kier alpha value is -2.56. The van der Waals surface area contributed by atoms with E-state index >= 15 is 0 Å². The summed E-state index contributed by atoms with van der Waals surface area (Å²) < 4.78 is 0. The van der Waals surface area contributed by atoms with Gasteiger partial charge in [0.05, 0.1) is 27.9 Å². The van der Waals surface area contributed by atoms with Gasteiger partial charge >= 0.3 is 0 Å². The van der Waals surface area contributed by atoms with Crippen molar-refractivity contribution in [3.05, 3.63) is 44.8 Å². The molecular formula is C21H22N4O3S3. The first-order valence-electron chi connectivity index (χ1n) is 9.92. The Bertz CT molecular complexity index is 1070. The predicted molar refractivity (Wildman–Crippen MR) is 125 cm³/mol. The van der Waals surface area contributed by atoms with Gasteiger partial charge in [-0.3, -0.25) is 14.4 Å². The monoisotopic (exact) mass is 474 g/mol. The molecule has 4 heterocycles. The number of carbonyl (C=O) groups is 3. The number of carbonyl (C=O) groups excluding carboxylic acids is 3. The molecule has 1 aliphatic heterocycles. The van der Waals surface area contributed by atoms with Crippen molar-refractivity contribution in [1.29, 1.82) is 0 Å². The second-order valence-corrected chi connectivity index (χ2v) is 10.2. The summed E-state index contributed by atoms with van der Waals surface area (Å²) >= 11 is 4.37. The van der Waals surface area contributed by atoms with Gasteiger partial charge in [-0.1, -0.05) is 6.07 Å². The highest BCUT2D eigenvalue weighted by Crippen LogP contribution is 2.31. The van der Waals surface area contributed by atoms with Crippen LogP contribution in [0.4, 0.5) is 5.13 Å². The maximum atomic E-state index is 12.8. The molecule has 0 saturated carbocycles. The quantitative estimate of drug-likeness (QED) is 0.564. The van der Waals surface area contributed by atoms with Crippen LogP contribution >= 0.6 is 34.0 Å². The number of hydrogen-bond acceptors (Lipinski definition) is 7. The Morgan fingerprint density at radius 1 is 1.23 bits per heavy atom. The zero-order valence-electron chi connectivity index (χ0n) is 16.9. The highest BCUT2D eigenvalue weighted by atomic mass is 32.1. The molecule has 0 bridgehead atoms. The van der Waals surface area contributed by atoms with Gasteiger partial charge < -0.3 is 15.5 Å². The second-order valence-electron chi connectivity index (χ2n) is 7.27. The first kappa shape index (κ1) is 21.7. The smallest absolute Gasteiger partial charge is 0.263 e. The first-order chi connectivity index (χ1) is 15.0. The molecule has 1 unspecified atom stereocenters. The number of thiophene rings is 2. The first-order valence-corrected chi connectivity index (χ1v) is 12.5. The van der Waals surface area contributed by atoms with E-state index in [0.29, 0.717) is 29.6 Å². The van der Waals surface area contributed by atoms with Crippen molar-refractivity contribution < 1.29 is 14.4 Å². The van der Waals surface area contributed by atoms with Crippen LogP contribution < -0.4 is 10.6 Å². The second kappa shape index (κ2) is 9.71. The molecule has 1 fully saturated rings. The summed E-state index contributed by atoms with van der Waals surface area (Å²) in [6, 6.07) is 7.62. The molecule has 7 nitrogen and oxygen atoms in total. The van der Waals surface area contributed by atoms with Gasteiger partial charge in [0.25, 0.3) is 5.91 Å². The number of nitrogens with zero attached hydrogens (tertiary/aromatic N) is 2. The average Bonchev–Trinajstić information content (AvgIpc) is 3.53. The molecule has 4 rings (SSSR count). The average molecular weight is 475 g/mol. The van der Waals surface area contributed by atoms with Crippen LogP contribution in [0.2, 0.25) is 0 Å². The summed E-state index contributed by atoms with van der Waals surface area (Å²) in [4.78, 5) is 45.5. The molecule has 1 aliphatic rings. The van der Waals surface area contributed by atoms with Crippen LogP contribution in [0.15, 0.2) is 35.0 Å². The molecule has 162 valence electrons. The molecule has 0 spiro atoms. The van der Waals surface area contributed by atoms with Crippen molar-refractivity contribution in [2.75, 3.05) is 18.4 Å². The van der Waals surface area contributed by atoms with Crippen molar-refractivity contribution in [3.63, 3.8) is 0 Å². The van der Waals surface area contributed by atoms with Gasteiger partial charge in [0, 0.05) is 30.3 Å². The van der Waals surface area contributed by atoms with Crippen LogP contribution in [0.25, 0.3) is 10.6 Å². The summed E-state index contributed by atoms with van der Waals surface area (Å²) in [5.41, 5.74) is 0.803. The molecule has 10 heteroatoms. The maximum absolute atomic E-state index is 12.8. The van der Waals surface area contributed by atoms with Gasteiger partial charge in [-0.05, 0) is 36.4 Å². The summed E-state index contributed by atoms with van der Waals surface area (Å²) in [6.07, 6.45) is 1.57. The number of nitrogens with one attached hydrogen (secondary N) is 2. The van der Waals surface area contributed by atoms with E-state index in [1.165, 1.54) is 29.6 Å². The summed E-state index contributed by atoms with van der Waals surface area (Å²) in [7, 11) is 0. The SMILES string of the molecule is CC(=O)NCc1ccc(-c2csc(NC(=O)C3CCCN(C(=O)c4cccs4)C3)n2)s1. The number of likely N-dealkylation sites (tertiary alicyclic amines) is 1. The fourth-order valence-corrected chi connectivity index (χ4v) is 5.79. The maximum Gasteiger partial charge on any atom is 0.263 e. The summed E-state index contributed by atoms with van der Waals surface area (Å²) in [5, 5.41) is 10.1. The number of thiazole rings is 1. The van der Waals surface area contributed by atoms with Crippen molar-refractivity contribution >= 4 is 56.9 Å². The van der Waals surface area contributed by atoms with E-state index in [-0.39, 0.29) is 23.6 Å². The number of aromatic nitrogens is 1. The molecule has 2 N–H and O–H groups in total. The lowest BCUT2D eigenvalue weighted by Crippen LogP contribution is -2.43. The predicted octanol–water partition coefficient (Wildman–Crippen LogP) is 4.06. The van der Waals surface area contributed by atoms with Gasteiger partial charge in [-0.2, -0.15) is 0 Å². The van der Waals surface area contributed by atoms with Crippen molar-refractivity contribution in [3.8, 4) is 10.6 Å². The van der Waals surface area contributed by atoms with Gasteiger partial charge in [0.15, 0.2) is 5.13 Å². The fraction of sp³-hybridized carbons (Fsp3) is 0.333.